The highest BCUT2D eigenvalue weighted by atomic mass is 16.5. The molecule has 1 aromatic heterocycles. The van der Waals surface area contributed by atoms with E-state index in [-0.39, 0.29) is 43.6 Å². The summed E-state index contributed by atoms with van der Waals surface area (Å²) in [5.41, 5.74) is 9.28. The fraction of sp³-hybridized carbons (Fsp3) is 0.538. The van der Waals surface area contributed by atoms with Crippen molar-refractivity contribution in [1.29, 1.82) is 5.41 Å². The largest absolute Gasteiger partial charge is 0.466 e. The lowest BCUT2D eigenvalue weighted by atomic mass is 9.80. The van der Waals surface area contributed by atoms with E-state index in [1.165, 1.54) is 19.3 Å². The zero-order valence-electron chi connectivity index (χ0n) is 31.1. The van der Waals surface area contributed by atoms with E-state index in [0.717, 1.165) is 48.7 Å². The summed E-state index contributed by atoms with van der Waals surface area (Å²) in [6, 6.07) is 12.2. The van der Waals surface area contributed by atoms with Gasteiger partial charge in [0.05, 0.1) is 42.2 Å². The van der Waals surface area contributed by atoms with Gasteiger partial charge >= 0.3 is 12.1 Å². The highest BCUT2D eigenvalue weighted by molar-refractivity contribution is 6.04. The quantitative estimate of drug-likeness (QED) is 0.0435. The van der Waals surface area contributed by atoms with E-state index < -0.39 is 23.5 Å². The maximum Gasteiger partial charge on any atom is 0.412 e. The first-order valence-electron chi connectivity index (χ1n) is 18.5. The Balaban J connectivity index is 1.44. The Hall–Kier alpha value is -4.62. The van der Waals surface area contributed by atoms with Crippen molar-refractivity contribution in [2.24, 2.45) is 12.8 Å². The molecule has 2 unspecified atom stereocenters. The summed E-state index contributed by atoms with van der Waals surface area (Å²) in [7, 11) is 1.89. The summed E-state index contributed by atoms with van der Waals surface area (Å²) in [5, 5.41) is 14.0. The number of aromatic nitrogens is 2. The molecule has 2 atom stereocenters. The van der Waals surface area contributed by atoms with Gasteiger partial charge in [-0.25, -0.2) is 9.78 Å². The summed E-state index contributed by atoms with van der Waals surface area (Å²) >= 11 is 0. The number of amides is 2. The number of carbonyl (C=O) groups excluding carboxylic acids is 4. The lowest BCUT2D eigenvalue weighted by Gasteiger charge is -2.33. The van der Waals surface area contributed by atoms with Crippen LogP contribution in [0, 0.1) is 5.41 Å². The summed E-state index contributed by atoms with van der Waals surface area (Å²) in [4.78, 5) is 57.2. The first-order valence-corrected chi connectivity index (χ1v) is 18.5. The molecule has 0 aliphatic carbocycles. The molecule has 0 spiro atoms. The molecule has 2 heterocycles. The second-order valence-electron chi connectivity index (χ2n) is 13.7. The topological polar surface area (TPSA) is 182 Å². The van der Waals surface area contributed by atoms with Gasteiger partial charge in [0, 0.05) is 32.2 Å². The second-order valence-corrected chi connectivity index (χ2v) is 13.7. The van der Waals surface area contributed by atoms with Gasteiger partial charge in [0.15, 0.2) is 5.78 Å². The zero-order valence-corrected chi connectivity index (χ0v) is 31.1. The van der Waals surface area contributed by atoms with Crippen LogP contribution < -0.4 is 16.4 Å². The maximum atomic E-state index is 14.0. The predicted molar refractivity (Wildman–Crippen MR) is 200 cm³/mol. The summed E-state index contributed by atoms with van der Waals surface area (Å²) in [6.45, 7) is 7.75. The number of aryl methyl sites for hydroxylation is 1. The number of nitrogens with zero attached hydrogens (tertiary/aromatic N) is 3. The van der Waals surface area contributed by atoms with Crippen LogP contribution in [0.25, 0.3) is 11.0 Å². The number of rotatable bonds is 19. The van der Waals surface area contributed by atoms with Gasteiger partial charge < -0.3 is 30.0 Å². The number of ketones is 1. The average molecular weight is 718 g/mol. The van der Waals surface area contributed by atoms with Crippen molar-refractivity contribution in [2.75, 3.05) is 39.4 Å². The third-order valence-electron chi connectivity index (χ3n) is 9.66. The predicted octanol–water partition coefficient (Wildman–Crippen LogP) is 5.03. The summed E-state index contributed by atoms with van der Waals surface area (Å²) < 4.78 is 12.1. The number of ether oxygens (including phenoxy) is 2. The van der Waals surface area contributed by atoms with Crippen LogP contribution in [-0.4, -0.2) is 83.4 Å². The molecule has 2 aromatic carbocycles. The van der Waals surface area contributed by atoms with Crippen molar-refractivity contribution in [1.82, 2.24) is 25.1 Å². The number of alkyl carbamates (subject to hydrolysis) is 1. The Morgan fingerprint density at radius 2 is 1.67 bits per heavy atom. The monoisotopic (exact) mass is 717 g/mol. The van der Waals surface area contributed by atoms with Crippen LogP contribution >= 0.6 is 0 Å². The van der Waals surface area contributed by atoms with Crippen molar-refractivity contribution in [2.45, 2.75) is 90.0 Å². The number of Topliss-reactive ketones (excluding diaryl/α,β-unsaturated/α-hetero) is 1. The Labute approximate surface area is 306 Å². The SMILES string of the molecule is CCCCCCCCOC(=O)NC(=N)c1ccc(C(N)c2nc3cc(C(C)(CNCC(=O)CC(=O)OCC)C(=O)N4CCCC4)ccc3n2C)cc1. The maximum absolute atomic E-state index is 14.0. The molecule has 13 nitrogen and oxygen atoms in total. The summed E-state index contributed by atoms with van der Waals surface area (Å²) in [5.74, 6) is -0.359. The molecule has 5 N–H and O–H groups in total. The highest BCUT2D eigenvalue weighted by Gasteiger charge is 2.39. The van der Waals surface area contributed by atoms with E-state index in [2.05, 4.69) is 17.6 Å². The van der Waals surface area contributed by atoms with Crippen LogP contribution in [0.3, 0.4) is 0 Å². The minimum absolute atomic E-state index is 0.0336. The molecule has 2 amide bonds. The van der Waals surface area contributed by atoms with E-state index in [1.54, 1.807) is 19.1 Å². The van der Waals surface area contributed by atoms with Crippen LogP contribution in [0.4, 0.5) is 4.79 Å². The van der Waals surface area contributed by atoms with E-state index in [4.69, 9.17) is 25.6 Å². The number of amidine groups is 1. The second kappa shape index (κ2) is 19.3. The molecule has 1 aliphatic heterocycles. The van der Waals surface area contributed by atoms with Gasteiger partial charge in [0.25, 0.3) is 0 Å². The number of benzene rings is 2. The van der Waals surface area contributed by atoms with Crippen molar-refractivity contribution < 1.29 is 28.7 Å². The Kier molecular flexibility index (Phi) is 14.9. The zero-order chi connectivity index (χ0) is 37.7. The molecule has 1 saturated heterocycles. The lowest BCUT2D eigenvalue weighted by molar-refractivity contribution is -0.145. The normalized spacial score (nSPS) is 14.5. The van der Waals surface area contributed by atoms with E-state index in [1.807, 2.05) is 53.8 Å². The molecule has 52 heavy (non-hydrogen) atoms. The number of nitrogens with one attached hydrogen (secondary N) is 3. The fourth-order valence-electron chi connectivity index (χ4n) is 6.56. The van der Waals surface area contributed by atoms with Gasteiger partial charge in [0.2, 0.25) is 5.91 Å². The highest BCUT2D eigenvalue weighted by Crippen LogP contribution is 2.32. The molecule has 13 heteroatoms. The van der Waals surface area contributed by atoms with Gasteiger partial charge in [-0.15, -0.1) is 0 Å². The van der Waals surface area contributed by atoms with Crippen molar-refractivity contribution in [3.05, 3.63) is 65.0 Å². The Morgan fingerprint density at radius 3 is 2.37 bits per heavy atom. The van der Waals surface area contributed by atoms with Crippen LogP contribution in [0.15, 0.2) is 42.5 Å². The average Bonchev–Trinajstić information content (AvgIpc) is 3.79. The van der Waals surface area contributed by atoms with Crippen LogP contribution in [0.2, 0.25) is 0 Å². The Bertz CT molecular complexity index is 1700. The standard InChI is InChI=1S/C39H55N7O6/c1-5-7-8-9-10-13-22-52-38(50)44-35(41)28-16-14-27(15-17-28)34(40)36-43-31-23-29(18-19-32(31)45(36)4)39(3,37(49)46-20-11-12-21-46)26-42-25-30(47)24-33(48)51-6-2/h14-19,23,34,42H,5-13,20-22,24-26,40H2,1-4H3,(H2,41,44,50). The van der Waals surface area contributed by atoms with E-state index in [0.29, 0.717) is 36.6 Å². The van der Waals surface area contributed by atoms with E-state index >= 15 is 0 Å². The first-order chi connectivity index (χ1) is 25.0. The van der Waals surface area contributed by atoms with Gasteiger partial charge in [-0.2, -0.15) is 0 Å². The first kappa shape index (κ1) is 40.2. The molecule has 3 aromatic rings. The minimum atomic E-state index is -1.00. The Morgan fingerprint density at radius 1 is 0.981 bits per heavy atom. The van der Waals surface area contributed by atoms with Crippen LogP contribution in [-0.2, 0) is 36.3 Å². The number of carbonyl (C=O) groups is 4. The van der Waals surface area contributed by atoms with Gasteiger partial charge in [0.1, 0.15) is 18.1 Å². The molecule has 1 aliphatic rings. The van der Waals surface area contributed by atoms with Gasteiger partial charge in [-0.1, -0.05) is 69.4 Å². The number of esters is 1. The van der Waals surface area contributed by atoms with Crippen molar-refractivity contribution >= 4 is 40.6 Å². The molecule has 4 rings (SSSR count). The number of nitrogens with two attached hydrogens (primary N) is 1. The number of unbranched alkanes of at least 4 members (excludes halogenated alkanes) is 5. The van der Waals surface area contributed by atoms with Crippen molar-refractivity contribution in [3.8, 4) is 0 Å². The smallest absolute Gasteiger partial charge is 0.412 e. The molecule has 0 radical (unpaired) electrons. The molecule has 0 saturated carbocycles. The number of fused-ring (bicyclic) bond motifs is 1. The number of hydrogen-bond donors (Lipinski definition) is 4. The van der Waals surface area contributed by atoms with Gasteiger partial charge in [-0.05, 0) is 56.4 Å². The van der Waals surface area contributed by atoms with Gasteiger partial charge in [-0.3, -0.25) is 25.1 Å². The molecular weight excluding hydrogens is 662 g/mol. The van der Waals surface area contributed by atoms with Crippen molar-refractivity contribution in [3.63, 3.8) is 0 Å². The third-order valence-corrected chi connectivity index (χ3v) is 9.66. The fourth-order valence-corrected chi connectivity index (χ4v) is 6.56. The van der Waals surface area contributed by atoms with Crippen LogP contribution in [0.5, 0.6) is 0 Å². The molecular formula is C39H55N7O6. The minimum Gasteiger partial charge on any atom is -0.466 e. The summed E-state index contributed by atoms with van der Waals surface area (Å²) in [6.07, 6.45) is 7.46. The lowest BCUT2D eigenvalue weighted by Crippen LogP contribution is -2.50. The molecule has 0 bridgehead atoms. The van der Waals surface area contributed by atoms with E-state index in [9.17, 15) is 19.2 Å². The third kappa shape index (κ3) is 10.5. The molecule has 1 fully saturated rings. The number of hydrogen-bond acceptors (Lipinski definition) is 10. The molecule has 282 valence electrons. The number of likely N-dealkylation sites (tertiary alicyclic amines) is 1. The number of imidazole rings is 1. The van der Waals surface area contributed by atoms with Crippen LogP contribution in [0.1, 0.15) is 107 Å².